The van der Waals surface area contributed by atoms with Crippen LogP contribution in [-0.4, -0.2) is 26.9 Å². The third-order valence-electron chi connectivity index (χ3n) is 4.60. The first-order valence-corrected chi connectivity index (χ1v) is 9.96. The Hall–Kier alpha value is -1.66. The molecule has 0 unspecified atom stereocenters. The van der Waals surface area contributed by atoms with Crippen LogP contribution in [0.2, 0.25) is 0 Å². The van der Waals surface area contributed by atoms with E-state index in [-0.39, 0.29) is 23.4 Å². The maximum atomic E-state index is 12.3. The van der Waals surface area contributed by atoms with Crippen LogP contribution in [-0.2, 0) is 10.0 Å². The van der Waals surface area contributed by atoms with Gasteiger partial charge in [0.25, 0.3) is 5.91 Å². The van der Waals surface area contributed by atoms with E-state index >= 15 is 0 Å². The Morgan fingerprint density at radius 3 is 2.38 bits per heavy atom. The average molecular weight is 350 g/mol. The molecule has 1 amide bonds. The summed E-state index contributed by atoms with van der Waals surface area (Å²) in [4.78, 5) is 12.5. The maximum absolute atomic E-state index is 12.3. The number of carbonyl (C=O) groups is 1. The van der Waals surface area contributed by atoms with Crippen LogP contribution < -0.4 is 10.0 Å². The molecule has 2 rings (SSSR count). The number of hydrogen-bond acceptors (Lipinski definition) is 3. The lowest BCUT2D eigenvalue weighted by molar-refractivity contribution is 0.0921. The van der Waals surface area contributed by atoms with Gasteiger partial charge in [-0.15, -0.1) is 6.58 Å². The van der Waals surface area contributed by atoms with E-state index in [0.717, 1.165) is 31.6 Å². The molecule has 1 aliphatic rings. The summed E-state index contributed by atoms with van der Waals surface area (Å²) in [7, 11) is -3.55. The van der Waals surface area contributed by atoms with Crippen LogP contribution in [0.3, 0.4) is 0 Å². The largest absolute Gasteiger partial charge is 0.349 e. The lowest BCUT2D eigenvalue weighted by Crippen LogP contribution is -2.37. The normalized spacial score (nSPS) is 21.2. The second kappa shape index (κ2) is 8.44. The minimum atomic E-state index is -3.55. The molecule has 2 N–H and O–H groups in total. The summed E-state index contributed by atoms with van der Waals surface area (Å²) in [6, 6.07) is 6.23. The molecule has 5 nitrogen and oxygen atoms in total. The van der Waals surface area contributed by atoms with E-state index < -0.39 is 10.0 Å². The number of hydrogen-bond donors (Lipinski definition) is 2. The number of rotatable bonds is 7. The van der Waals surface area contributed by atoms with Gasteiger partial charge in [0.15, 0.2) is 0 Å². The molecule has 24 heavy (non-hydrogen) atoms. The number of benzene rings is 1. The fourth-order valence-electron chi connectivity index (χ4n) is 3.02. The van der Waals surface area contributed by atoms with Crippen molar-refractivity contribution in [3.05, 3.63) is 42.5 Å². The highest BCUT2D eigenvalue weighted by Crippen LogP contribution is 2.26. The van der Waals surface area contributed by atoms with Gasteiger partial charge in [-0.25, -0.2) is 13.1 Å². The van der Waals surface area contributed by atoms with Crippen LogP contribution in [0.15, 0.2) is 41.8 Å². The second-order valence-electron chi connectivity index (χ2n) is 6.26. The predicted molar refractivity (Wildman–Crippen MR) is 95.3 cm³/mol. The van der Waals surface area contributed by atoms with Crippen LogP contribution in [0.5, 0.6) is 0 Å². The van der Waals surface area contributed by atoms with E-state index in [9.17, 15) is 13.2 Å². The van der Waals surface area contributed by atoms with Crippen molar-refractivity contribution in [1.29, 1.82) is 0 Å². The molecule has 1 aromatic rings. The molecule has 0 aromatic heterocycles. The first-order chi connectivity index (χ1) is 11.5. The standard InChI is InChI=1S/C18H26N2O3S/c1-3-13-19-24(22,23)17-11-7-15(8-12-17)18(21)20-16-9-5-14(4-2)6-10-16/h3,7-8,11-12,14,16,19H,1,4-6,9-10,13H2,2H3,(H,20,21). The molecule has 0 radical (unpaired) electrons. The third kappa shape index (κ3) is 4.92. The number of carbonyl (C=O) groups excluding carboxylic acids is 1. The average Bonchev–Trinajstić information content (AvgIpc) is 2.60. The molecule has 132 valence electrons. The van der Waals surface area contributed by atoms with Crippen molar-refractivity contribution in [1.82, 2.24) is 10.0 Å². The fraction of sp³-hybridized carbons (Fsp3) is 0.500. The summed E-state index contributed by atoms with van der Waals surface area (Å²) in [6.45, 7) is 5.86. The fourth-order valence-corrected chi connectivity index (χ4v) is 4.02. The Morgan fingerprint density at radius 2 is 1.83 bits per heavy atom. The Kier molecular flexibility index (Phi) is 6.57. The van der Waals surface area contributed by atoms with Gasteiger partial charge in [0, 0.05) is 18.2 Å². The Labute approximate surface area is 144 Å². The van der Waals surface area contributed by atoms with Gasteiger partial charge in [0.1, 0.15) is 0 Å². The molecule has 0 atom stereocenters. The summed E-state index contributed by atoms with van der Waals surface area (Å²) in [5.41, 5.74) is 0.482. The monoisotopic (exact) mass is 350 g/mol. The first-order valence-electron chi connectivity index (χ1n) is 8.47. The Balaban J connectivity index is 1.95. The van der Waals surface area contributed by atoms with Crippen molar-refractivity contribution >= 4 is 15.9 Å². The zero-order chi connectivity index (χ0) is 17.6. The van der Waals surface area contributed by atoms with Gasteiger partial charge in [0.05, 0.1) is 4.90 Å². The number of nitrogens with one attached hydrogen (secondary N) is 2. The lowest BCUT2D eigenvalue weighted by Gasteiger charge is -2.28. The first kappa shape index (κ1) is 18.7. The summed E-state index contributed by atoms with van der Waals surface area (Å²) in [5.74, 6) is 0.642. The molecular formula is C18H26N2O3S. The van der Waals surface area contributed by atoms with Gasteiger partial charge in [-0.05, 0) is 55.9 Å². The van der Waals surface area contributed by atoms with Gasteiger partial charge < -0.3 is 5.32 Å². The minimum absolute atomic E-state index is 0.141. The molecule has 1 saturated carbocycles. The third-order valence-corrected chi connectivity index (χ3v) is 6.04. The quantitative estimate of drug-likeness (QED) is 0.743. The smallest absolute Gasteiger partial charge is 0.251 e. The highest BCUT2D eigenvalue weighted by atomic mass is 32.2. The number of sulfonamides is 1. The van der Waals surface area contributed by atoms with Crippen molar-refractivity contribution < 1.29 is 13.2 Å². The zero-order valence-electron chi connectivity index (χ0n) is 14.1. The van der Waals surface area contributed by atoms with Crippen LogP contribution in [0, 0.1) is 5.92 Å². The van der Waals surface area contributed by atoms with Crippen LogP contribution in [0.1, 0.15) is 49.4 Å². The predicted octanol–water partition coefficient (Wildman–Crippen LogP) is 2.85. The molecule has 1 aliphatic carbocycles. The summed E-state index contributed by atoms with van der Waals surface area (Å²) < 4.78 is 26.4. The van der Waals surface area contributed by atoms with E-state index in [1.54, 1.807) is 12.1 Å². The van der Waals surface area contributed by atoms with Gasteiger partial charge in [-0.1, -0.05) is 19.4 Å². The van der Waals surface area contributed by atoms with Crippen molar-refractivity contribution in [3.63, 3.8) is 0 Å². The van der Waals surface area contributed by atoms with Gasteiger partial charge >= 0.3 is 0 Å². The molecular weight excluding hydrogens is 324 g/mol. The summed E-state index contributed by atoms with van der Waals surface area (Å²) >= 11 is 0. The van der Waals surface area contributed by atoms with E-state index in [1.807, 2.05) is 0 Å². The highest BCUT2D eigenvalue weighted by molar-refractivity contribution is 7.89. The van der Waals surface area contributed by atoms with Crippen molar-refractivity contribution in [2.24, 2.45) is 5.92 Å². The molecule has 6 heteroatoms. The van der Waals surface area contributed by atoms with Crippen molar-refractivity contribution in [2.45, 2.75) is 50.0 Å². The van der Waals surface area contributed by atoms with Crippen LogP contribution >= 0.6 is 0 Å². The number of amides is 1. The van der Waals surface area contributed by atoms with Gasteiger partial charge in [0.2, 0.25) is 10.0 Å². The molecule has 0 bridgehead atoms. The molecule has 1 aromatic carbocycles. The molecule has 0 saturated heterocycles. The molecule has 1 fully saturated rings. The summed E-state index contributed by atoms with van der Waals surface area (Å²) in [6.07, 6.45) is 7.04. The summed E-state index contributed by atoms with van der Waals surface area (Å²) in [5, 5.41) is 3.06. The second-order valence-corrected chi connectivity index (χ2v) is 8.03. The van der Waals surface area contributed by atoms with E-state index in [1.165, 1.54) is 24.6 Å². The zero-order valence-corrected chi connectivity index (χ0v) is 14.9. The molecule has 0 aliphatic heterocycles. The van der Waals surface area contributed by atoms with Gasteiger partial charge in [-0.3, -0.25) is 4.79 Å². The van der Waals surface area contributed by atoms with E-state index in [4.69, 9.17) is 0 Å². The lowest BCUT2D eigenvalue weighted by atomic mass is 9.84. The van der Waals surface area contributed by atoms with E-state index in [0.29, 0.717) is 5.56 Å². The van der Waals surface area contributed by atoms with Crippen molar-refractivity contribution in [2.75, 3.05) is 6.54 Å². The maximum Gasteiger partial charge on any atom is 0.251 e. The topological polar surface area (TPSA) is 75.3 Å². The van der Waals surface area contributed by atoms with E-state index in [2.05, 4.69) is 23.5 Å². The van der Waals surface area contributed by atoms with Crippen molar-refractivity contribution in [3.8, 4) is 0 Å². The highest BCUT2D eigenvalue weighted by Gasteiger charge is 2.22. The minimum Gasteiger partial charge on any atom is -0.349 e. The molecule has 0 spiro atoms. The Bertz CT molecular complexity index is 660. The SMILES string of the molecule is C=CCNS(=O)(=O)c1ccc(C(=O)NC2CCC(CC)CC2)cc1. The van der Waals surface area contributed by atoms with Crippen LogP contribution in [0.4, 0.5) is 0 Å². The molecule has 0 heterocycles. The Morgan fingerprint density at radius 1 is 1.21 bits per heavy atom. The van der Waals surface area contributed by atoms with Gasteiger partial charge in [-0.2, -0.15) is 0 Å². The van der Waals surface area contributed by atoms with Crippen LogP contribution in [0.25, 0.3) is 0 Å².